The van der Waals surface area contributed by atoms with Crippen LogP contribution >= 0.6 is 0 Å². The van der Waals surface area contributed by atoms with Gasteiger partial charge in [0.05, 0.1) is 5.70 Å². The summed E-state index contributed by atoms with van der Waals surface area (Å²) in [5.74, 6) is 0.794. The van der Waals surface area contributed by atoms with E-state index in [1.807, 2.05) is 6.07 Å². The average molecular weight is 622 g/mol. The fourth-order valence-corrected chi connectivity index (χ4v) is 8.78. The Balaban J connectivity index is 1.16. The number of fused-ring (bicyclic) bond motifs is 9. The van der Waals surface area contributed by atoms with E-state index >= 15 is 0 Å². The van der Waals surface area contributed by atoms with Crippen LogP contribution in [0.2, 0.25) is 0 Å². The van der Waals surface area contributed by atoms with Crippen molar-refractivity contribution in [2.45, 2.75) is 51.4 Å². The van der Waals surface area contributed by atoms with Crippen molar-refractivity contribution in [3.05, 3.63) is 161 Å². The molecule has 234 valence electrons. The van der Waals surface area contributed by atoms with Crippen LogP contribution in [0.15, 0.2) is 137 Å². The first-order valence-electron chi connectivity index (χ1n) is 17.2. The van der Waals surface area contributed by atoms with Crippen LogP contribution in [-0.4, -0.2) is 5.71 Å². The summed E-state index contributed by atoms with van der Waals surface area (Å²) in [6, 6.07) is 36.0. The lowest BCUT2D eigenvalue weighted by molar-refractivity contribution is 0.647. The number of allylic oxidation sites excluding steroid dienone is 4. The van der Waals surface area contributed by atoms with E-state index in [9.17, 15) is 0 Å². The molecule has 3 unspecified atom stereocenters. The molecule has 6 aromatic rings. The van der Waals surface area contributed by atoms with Gasteiger partial charge in [-0.1, -0.05) is 124 Å². The fraction of sp³-hybridized carbons (Fsp3) is 0.196. The standard InChI is InChI=1S/C46H39NO/c1-27(44-35-18-10-9-16-33(35)36-25-37-34-17-11-12-20-40(34)46(4,5)41(37)26-38(36)44)31-22-23-42-39(24-31)45-32(19-13-21-43(45)48-42)29(3)47-28(2)30-14-7-6-8-15-30/h6-14,16-27,30,44H,3,15H2,1-2,4-5H3. The van der Waals surface area contributed by atoms with Crippen LogP contribution in [0.1, 0.15) is 79.3 Å². The van der Waals surface area contributed by atoms with Crippen LogP contribution in [0.5, 0.6) is 0 Å². The second kappa shape index (κ2) is 10.7. The van der Waals surface area contributed by atoms with Crippen LogP contribution in [0.4, 0.5) is 0 Å². The van der Waals surface area contributed by atoms with Crippen molar-refractivity contribution in [1.82, 2.24) is 0 Å². The lowest BCUT2D eigenvalue weighted by atomic mass is 9.77. The van der Waals surface area contributed by atoms with Gasteiger partial charge in [0.15, 0.2) is 0 Å². The zero-order chi connectivity index (χ0) is 32.7. The Hall–Kier alpha value is -5.21. The molecule has 0 fully saturated rings. The third-order valence-corrected chi connectivity index (χ3v) is 11.4. The van der Waals surface area contributed by atoms with Crippen LogP contribution in [0, 0.1) is 5.92 Å². The molecule has 0 amide bonds. The Kier molecular flexibility index (Phi) is 6.43. The third-order valence-electron chi connectivity index (χ3n) is 11.4. The molecule has 2 heteroatoms. The van der Waals surface area contributed by atoms with Gasteiger partial charge in [-0.25, -0.2) is 0 Å². The number of rotatable bonds is 5. The average Bonchev–Trinajstić information content (AvgIpc) is 3.72. The van der Waals surface area contributed by atoms with Gasteiger partial charge in [-0.05, 0) is 93.6 Å². The number of hydrogen-bond acceptors (Lipinski definition) is 2. The predicted molar refractivity (Wildman–Crippen MR) is 202 cm³/mol. The fourth-order valence-electron chi connectivity index (χ4n) is 8.78. The predicted octanol–water partition coefficient (Wildman–Crippen LogP) is 12.4. The van der Waals surface area contributed by atoms with Gasteiger partial charge in [0, 0.05) is 39.3 Å². The maximum Gasteiger partial charge on any atom is 0.136 e. The maximum atomic E-state index is 6.43. The molecule has 0 saturated heterocycles. The van der Waals surface area contributed by atoms with Gasteiger partial charge in [-0.15, -0.1) is 0 Å². The summed E-state index contributed by atoms with van der Waals surface area (Å²) < 4.78 is 6.43. The Morgan fingerprint density at radius 2 is 1.60 bits per heavy atom. The van der Waals surface area contributed by atoms with Crippen molar-refractivity contribution in [3.8, 4) is 22.3 Å². The lowest BCUT2D eigenvalue weighted by Crippen LogP contribution is -2.16. The normalized spacial score (nSPS) is 19.3. The third kappa shape index (κ3) is 4.21. The van der Waals surface area contributed by atoms with Crippen molar-refractivity contribution >= 4 is 33.3 Å². The second-order valence-electron chi connectivity index (χ2n) is 14.4. The van der Waals surface area contributed by atoms with Gasteiger partial charge in [0.25, 0.3) is 0 Å². The van der Waals surface area contributed by atoms with Gasteiger partial charge >= 0.3 is 0 Å². The maximum absolute atomic E-state index is 6.43. The lowest BCUT2D eigenvalue weighted by Gasteiger charge is -2.25. The highest BCUT2D eigenvalue weighted by Gasteiger charge is 2.40. The topological polar surface area (TPSA) is 25.5 Å². The Morgan fingerprint density at radius 3 is 2.44 bits per heavy atom. The molecular weight excluding hydrogens is 583 g/mol. The summed E-state index contributed by atoms with van der Waals surface area (Å²) in [6.07, 6.45) is 9.61. The highest BCUT2D eigenvalue weighted by Crippen LogP contribution is 2.57. The Morgan fingerprint density at radius 1 is 0.792 bits per heavy atom. The van der Waals surface area contributed by atoms with Gasteiger partial charge < -0.3 is 4.42 Å². The minimum Gasteiger partial charge on any atom is -0.456 e. The second-order valence-corrected chi connectivity index (χ2v) is 14.4. The molecule has 3 aliphatic rings. The highest BCUT2D eigenvalue weighted by molar-refractivity contribution is 6.11. The van der Waals surface area contributed by atoms with Crippen molar-refractivity contribution in [1.29, 1.82) is 0 Å². The van der Waals surface area contributed by atoms with Crippen molar-refractivity contribution in [3.63, 3.8) is 0 Å². The molecule has 3 aliphatic carbocycles. The Labute approximate surface area is 282 Å². The molecule has 1 aromatic heterocycles. The number of aliphatic imine (C=N–C) groups is 1. The minimum atomic E-state index is -0.0399. The van der Waals surface area contributed by atoms with Crippen LogP contribution < -0.4 is 0 Å². The van der Waals surface area contributed by atoms with E-state index in [0.717, 1.165) is 45.3 Å². The first-order chi connectivity index (χ1) is 23.3. The number of furan rings is 1. The molecule has 1 heterocycles. The van der Waals surface area contributed by atoms with E-state index in [1.165, 1.54) is 50.1 Å². The van der Waals surface area contributed by atoms with E-state index in [4.69, 9.17) is 9.41 Å². The molecule has 48 heavy (non-hydrogen) atoms. The number of nitrogens with zero attached hydrogens (tertiary/aromatic N) is 1. The molecule has 2 nitrogen and oxygen atoms in total. The van der Waals surface area contributed by atoms with E-state index in [-0.39, 0.29) is 17.3 Å². The smallest absolute Gasteiger partial charge is 0.136 e. The molecule has 0 bridgehead atoms. The van der Waals surface area contributed by atoms with Crippen molar-refractivity contribution in [2.24, 2.45) is 10.9 Å². The molecule has 0 radical (unpaired) electrons. The summed E-state index contributed by atoms with van der Waals surface area (Å²) in [6.45, 7) is 13.7. The Bertz CT molecular complexity index is 2410. The van der Waals surface area contributed by atoms with Crippen LogP contribution in [0.25, 0.3) is 49.9 Å². The molecule has 5 aromatic carbocycles. The SMILES string of the molecule is C=C(N=C(C)C1C=CC=CC1)c1cccc2oc3ccc(C(C)C4c5ccccc5-c5cc6c(cc54)C(C)(C)c4ccccc4-6)cc3c12. The van der Waals surface area contributed by atoms with Crippen molar-refractivity contribution < 1.29 is 4.42 Å². The number of benzene rings is 5. The molecule has 0 aliphatic heterocycles. The first-order valence-corrected chi connectivity index (χ1v) is 17.2. The van der Waals surface area contributed by atoms with Crippen LogP contribution in [0.3, 0.4) is 0 Å². The monoisotopic (exact) mass is 621 g/mol. The van der Waals surface area contributed by atoms with Gasteiger partial charge in [0.1, 0.15) is 11.2 Å². The minimum absolute atomic E-state index is 0.0399. The highest BCUT2D eigenvalue weighted by atomic mass is 16.3. The van der Waals surface area contributed by atoms with Crippen LogP contribution in [-0.2, 0) is 5.41 Å². The molecule has 0 N–H and O–H groups in total. The summed E-state index contributed by atoms with van der Waals surface area (Å²) >= 11 is 0. The van der Waals surface area contributed by atoms with Gasteiger partial charge in [-0.2, -0.15) is 0 Å². The summed E-state index contributed by atoms with van der Waals surface area (Å²) in [4.78, 5) is 5.03. The summed E-state index contributed by atoms with van der Waals surface area (Å²) in [5, 5.41) is 2.21. The van der Waals surface area contributed by atoms with Gasteiger partial charge in [0.2, 0.25) is 0 Å². The van der Waals surface area contributed by atoms with Gasteiger partial charge in [-0.3, -0.25) is 4.99 Å². The van der Waals surface area contributed by atoms with Crippen molar-refractivity contribution in [2.75, 3.05) is 0 Å². The summed E-state index contributed by atoms with van der Waals surface area (Å²) in [7, 11) is 0. The van der Waals surface area contributed by atoms with E-state index in [2.05, 4.69) is 150 Å². The zero-order valence-corrected chi connectivity index (χ0v) is 28.0. The molecule has 0 saturated carbocycles. The summed E-state index contributed by atoms with van der Waals surface area (Å²) in [5.41, 5.74) is 17.1. The molecular formula is C46H39NO. The molecule has 0 spiro atoms. The van der Waals surface area contributed by atoms with E-state index in [0.29, 0.717) is 5.92 Å². The number of hydrogen-bond donors (Lipinski definition) is 0. The quantitative estimate of drug-likeness (QED) is 0.176. The first kappa shape index (κ1) is 29.0. The molecule has 3 atom stereocenters. The van der Waals surface area contributed by atoms with E-state index < -0.39 is 0 Å². The van der Waals surface area contributed by atoms with E-state index in [1.54, 1.807) is 0 Å². The molecule has 9 rings (SSSR count). The largest absolute Gasteiger partial charge is 0.456 e. The zero-order valence-electron chi connectivity index (χ0n) is 28.0.